The normalized spacial score (nSPS) is 20.2. The van der Waals surface area contributed by atoms with Crippen LogP contribution in [-0.2, 0) is 17.8 Å². The second kappa shape index (κ2) is 10.6. The number of nitrogens with one attached hydrogen (secondary N) is 2. The molecule has 2 aromatic heterocycles. The van der Waals surface area contributed by atoms with E-state index in [4.69, 9.17) is 9.72 Å². The lowest BCUT2D eigenvalue weighted by molar-refractivity contribution is 0.0161. The Hall–Kier alpha value is -2.88. The van der Waals surface area contributed by atoms with Crippen LogP contribution in [0.15, 0.2) is 54.5 Å². The summed E-state index contributed by atoms with van der Waals surface area (Å²) in [6.07, 6.45) is 7.90. The molecule has 2 atom stereocenters. The number of rotatable bonds is 7. The molecule has 9 heteroatoms. The van der Waals surface area contributed by atoms with Crippen LogP contribution in [0.1, 0.15) is 31.9 Å². The van der Waals surface area contributed by atoms with Gasteiger partial charge in [-0.2, -0.15) is 5.10 Å². The first kappa shape index (κ1) is 24.8. The summed E-state index contributed by atoms with van der Waals surface area (Å²) in [4.78, 5) is 11.6. The predicted molar refractivity (Wildman–Crippen MR) is 146 cm³/mol. The lowest BCUT2D eigenvalue weighted by atomic mass is 9.95. The Morgan fingerprint density at radius 1 is 1.25 bits per heavy atom. The van der Waals surface area contributed by atoms with Crippen molar-refractivity contribution in [3.8, 4) is 11.3 Å². The fourth-order valence-corrected chi connectivity index (χ4v) is 5.68. The molecule has 190 valence electrons. The van der Waals surface area contributed by atoms with E-state index in [9.17, 15) is 0 Å². The van der Waals surface area contributed by atoms with E-state index in [1.165, 1.54) is 11.1 Å². The van der Waals surface area contributed by atoms with E-state index in [0.717, 1.165) is 43.2 Å². The highest BCUT2D eigenvalue weighted by atomic mass is 32.2. The predicted octanol–water partition coefficient (Wildman–Crippen LogP) is 4.77. The Morgan fingerprint density at radius 2 is 2.14 bits per heavy atom. The monoisotopic (exact) mass is 505 g/mol. The van der Waals surface area contributed by atoms with Crippen molar-refractivity contribution in [2.75, 3.05) is 25.0 Å². The molecule has 3 aromatic rings. The number of benzene rings is 1. The molecule has 0 saturated carbocycles. The standard InChI is InChI=1S/C27H35N7OS/c1-19-13-20(5-6-21(19)16-33-10-12-36-25(33)27(2,3)4)24-7-8-29-26(32-24)31-22-14-30-34(17-22)18-23-15-28-9-11-35-23/h5-8,10,12-14,17,23,25,28H,9,11,15-16,18H2,1-4H3,(H,29,31,32)/t23?,25-/m1/s1. The summed E-state index contributed by atoms with van der Waals surface area (Å²) in [6, 6.07) is 8.55. The number of aromatic nitrogens is 4. The molecular formula is C27H35N7OS. The highest BCUT2D eigenvalue weighted by Crippen LogP contribution is 2.39. The Bertz CT molecular complexity index is 1210. The van der Waals surface area contributed by atoms with Crippen molar-refractivity contribution in [1.29, 1.82) is 0 Å². The number of nitrogens with zero attached hydrogens (tertiary/aromatic N) is 5. The van der Waals surface area contributed by atoms with E-state index in [1.807, 2.05) is 28.7 Å². The van der Waals surface area contributed by atoms with Gasteiger partial charge in [-0.05, 0) is 41.0 Å². The molecule has 0 spiro atoms. The van der Waals surface area contributed by atoms with Gasteiger partial charge < -0.3 is 20.3 Å². The van der Waals surface area contributed by atoms with E-state index >= 15 is 0 Å². The fraction of sp³-hybridized carbons (Fsp3) is 0.444. The van der Waals surface area contributed by atoms with Gasteiger partial charge in [0.05, 0.1) is 42.2 Å². The summed E-state index contributed by atoms with van der Waals surface area (Å²) in [5.74, 6) is 0.552. The van der Waals surface area contributed by atoms with Crippen LogP contribution in [-0.4, -0.2) is 55.8 Å². The molecule has 8 nitrogen and oxygen atoms in total. The summed E-state index contributed by atoms with van der Waals surface area (Å²) in [6.45, 7) is 13.2. The first-order chi connectivity index (χ1) is 17.3. The molecule has 1 aromatic carbocycles. The molecule has 4 heterocycles. The zero-order valence-corrected chi connectivity index (χ0v) is 22.3. The van der Waals surface area contributed by atoms with Gasteiger partial charge in [0.1, 0.15) is 0 Å². The van der Waals surface area contributed by atoms with Gasteiger partial charge in [0, 0.05) is 43.8 Å². The van der Waals surface area contributed by atoms with E-state index < -0.39 is 0 Å². The van der Waals surface area contributed by atoms with Crippen molar-refractivity contribution in [1.82, 2.24) is 30.0 Å². The van der Waals surface area contributed by atoms with E-state index in [2.05, 4.69) is 83.1 Å². The molecule has 0 radical (unpaired) electrons. The SMILES string of the molecule is Cc1cc(-c2ccnc(Nc3cnn(CC4CNCCO4)c3)n2)ccc1CN1C=CS[C@@H]1C(C)(C)C. The molecule has 1 fully saturated rings. The largest absolute Gasteiger partial charge is 0.374 e. The average Bonchev–Trinajstić information content (AvgIpc) is 3.51. The fourth-order valence-electron chi connectivity index (χ4n) is 4.59. The van der Waals surface area contributed by atoms with Gasteiger partial charge in [-0.15, -0.1) is 11.8 Å². The summed E-state index contributed by atoms with van der Waals surface area (Å²) in [7, 11) is 0. The zero-order valence-electron chi connectivity index (χ0n) is 21.4. The number of hydrogen-bond acceptors (Lipinski definition) is 8. The van der Waals surface area contributed by atoms with Gasteiger partial charge >= 0.3 is 0 Å². The van der Waals surface area contributed by atoms with Gasteiger partial charge in [-0.3, -0.25) is 4.68 Å². The number of hydrogen-bond donors (Lipinski definition) is 2. The minimum absolute atomic E-state index is 0.136. The molecule has 2 aliphatic rings. The first-order valence-electron chi connectivity index (χ1n) is 12.5. The third kappa shape index (κ3) is 5.91. The van der Waals surface area contributed by atoms with Crippen molar-refractivity contribution < 1.29 is 4.74 Å². The van der Waals surface area contributed by atoms with Gasteiger partial charge in [0.2, 0.25) is 5.95 Å². The second-order valence-corrected chi connectivity index (χ2v) is 11.5. The van der Waals surface area contributed by atoms with Crippen LogP contribution in [0, 0.1) is 12.3 Å². The number of thioether (sulfide) groups is 1. The van der Waals surface area contributed by atoms with E-state index in [-0.39, 0.29) is 11.5 Å². The van der Waals surface area contributed by atoms with Gasteiger partial charge in [0.25, 0.3) is 0 Å². The lowest BCUT2D eigenvalue weighted by Gasteiger charge is -2.35. The van der Waals surface area contributed by atoms with Gasteiger partial charge in [0.15, 0.2) is 0 Å². The maximum Gasteiger partial charge on any atom is 0.227 e. The van der Waals surface area contributed by atoms with Crippen LogP contribution < -0.4 is 10.6 Å². The van der Waals surface area contributed by atoms with Crippen LogP contribution in [0.3, 0.4) is 0 Å². The summed E-state index contributed by atoms with van der Waals surface area (Å²) < 4.78 is 7.67. The van der Waals surface area contributed by atoms with Gasteiger partial charge in [-0.1, -0.05) is 32.9 Å². The molecule has 0 bridgehead atoms. The minimum Gasteiger partial charge on any atom is -0.374 e. The summed E-state index contributed by atoms with van der Waals surface area (Å²) in [5.41, 5.74) is 5.63. The van der Waals surface area contributed by atoms with Crippen molar-refractivity contribution in [3.05, 3.63) is 65.6 Å². The van der Waals surface area contributed by atoms with Crippen LogP contribution in [0.2, 0.25) is 0 Å². The quantitative estimate of drug-likeness (QED) is 0.475. The highest BCUT2D eigenvalue weighted by molar-refractivity contribution is 8.02. The Kier molecular flexibility index (Phi) is 7.32. The summed E-state index contributed by atoms with van der Waals surface area (Å²) in [5, 5.41) is 13.7. The number of ether oxygens (including phenoxy) is 1. The summed E-state index contributed by atoms with van der Waals surface area (Å²) >= 11 is 1.90. The number of aryl methyl sites for hydroxylation is 1. The molecule has 0 amide bonds. The van der Waals surface area contributed by atoms with E-state index in [1.54, 1.807) is 12.4 Å². The zero-order chi connectivity index (χ0) is 25.1. The molecule has 0 aliphatic carbocycles. The Balaban J connectivity index is 1.25. The smallest absolute Gasteiger partial charge is 0.227 e. The maximum absolute atomic E-state index is 5.77. The lowest BCUT2D eigenvalue weighted by Crippen LogP contribution is -2.40. The molecule has 2 aliphatic heterocycles. The van der Waals surface area contributed by atoms with Crippen LogP contribution in [0.5, 0.6) is 0 Å². The topological polar surface area (TPSA) is 80.1 Å². The molecule has 2 N–H and O–H groups in total. The van der Waals surface area contributed by atoms with Gasteiger partial charge in [-0.25, -0.2) is 9.97 Å². The molecular weight excluding hydrogens is 470 g/mol. The third-order valence-corrected chi connectivity index (χ3v) is 7.95. The molecule has 1 saturated heterocycles. The van der Waals surface area contributed by atoms with Crippen LogP contribution in [0.25, 0.3) is 11.3 Å². The molecule has 36 heavy (non-hydrogen) atoms. The number of morpholine rings is 1. The third-order valence-electron chi connectivity index (χ3n) is 6.43. The molecule has 5 rings (SSSR count). The minimum atomic E-state index is 0.136. The van der Waals surface area contributed by atoms with Crippen LogP contribution in [0.4, 0.5) is 11.6 Å². The Labute approximate surface area is 217 Å². The second-order valence-electron chi connectivity index (χ2n) is 10.5. The molecule has 1 unspecified atom stereocenters. The van der Waals surface area contributed by atoms with E-state index in [0.29, 0.717) is 17.9 Å². The van der Waals surface area contributed by atoms with Crippen molar-refractivity contribution in [2.24, 2.45) is 5.41 Å². The van der Waals surface area contributed by atoms with Crippen molar-refractivity contribution >= 4 is 23.4 Å². The van der Waals surface area contributed by atoms with Crippen molar-refractivity contribution in [3.63, 3.8) is 0 Å². The van der Waals surface area contributed by atoms with Crippen molar-refractivity contribution in [2.45, 2.75) is 52.3 Å². The Morgan fingerprint density at radius 3 is 2.92 bits per heavy atom. The number of anilines is 2. The maximum atomic E-state index is 5.77. The first-order valence-corrected chi connectivity index (χ1v) is 13.4. The average molecular weight is 506 g/mol. The van der Waals surface area contributed by atoms with Crippen LogP contribution >= 0.6 is 11.8 Å². The highest BCUT2D eigenvalue weighted by Gasteiger charge is 2.31.